The molecule has 4 aliphatic heterocycles. The smallest absolute Gasteiger partial charge is 0.407 e. The first-order valence-electron chi connectivity index (χ1n) is 27.5. The highest BCUT2D eigenvalue weighted by molar-refractivity contribution is 7.89. The molecule has 0 aromatic heterocycles. The summed E-state index contributed by atoms with van der Waals surface area (Å²) >= 11 is 0. The molecule has 4 heterocycles. The van der Waals surface area contributed by atoms with Gasteiger partial charge in [-0.15, -0.1) is 0 Å². The van der Waals surface area contributed by atoms with Gasteiger partial charge in [0.1, 0.15) is 12.2 Å². The minimum absolute atomic E-state index is 0.0398. The van der Waals surface area contributed by atoms with Gasteiger partial charge < -0.3 is 60.7 Å². The van der Waals surface area contributed by atoms with Crippen LogP contribution in [-0.4, -0.2) is 149 Å². The summed E-state index contributed by atoms with van der Waals surface area (Å²) in [4.78, 5) is 37.8. The number of fused-ring (bicyclic) bond motifs is 2. The Morgan fingerprint density at radius 3 is 1.31 bits per heavy atom. The van der Waals surface area contributed by atoms with E-state index >= 15 is 0 Å². The zero-order valence-electron chi connectivity index (χ0n) is 44.5. The van der Waals surface area contributed by atoms with Crippen molar-refractivity contribution < 1.29 is 74.7 Å². The normalized spacial score (nSPS) is 24.6. The summed E-state index contributed by atoms with van der Waals surface area (Å²) in [6.07, 6.45) is 2.17. The standard InChI is InChI=1S/2C28H37N3O8S/c2*29-20-9-6-12-22(16-20)40(34,35)31(39-21-10-4-5-11-21)17-25(32)24(15-19-7-2-1-3-8-19)30-28(33)38-26-18-37-27-23(26)13-14-36-27/h2*1-3,6-9,12,16,21,23-27,32H,4-5,10-11,13-15,17-18,29H2,(H,30,33)/t23-,24+,25-,26-,27+;23-,24-,25+,26-,27+/m10/s1. The number of aliphatic hydroxyl groups is 2. The van der Waals surface area contributed by atoms with Gasteiger partial charge in [0.25, 0.3) is 20.0 Å². The minimum atomic E-state index is -4.17. The summed E-state index contributed by atoms with van der Waals surface area (Å²) in [5.74, 6) is -0.0796. The van der Waals surface area contributed by atoms with Crippen molar-refractivity contribution in [3.63, 3.8) is 0 Å². The molecule has 0 unspecified atom stereocenters. The molecule has 10 rings (SSSR count). The number of carbonyl (C=O) groups excluding carboxylic acids is 2. The number of amides is 2. The monoisotopic (exact) mass is 1150 g/mol. The van der Waals surface area contributed by atoms with Gasteiger partial charge in [-0.05, 0) is 98.9 Å². The largest absolute Gasteiger partial charge is 0.443 e. The van der Waals surface area contributed by atoms with Crippen LogP contribution >= 0.6 is 0 Å². The van der Waals surface area contributed by atoms with Gasteiger partial charge in [0.2, 0.25) is 0 Å². The molecular weight excluding hydrogens is 1080 g/mol. The van der Waals surface area contributed by atoms with Gasteiger partial charge in [0, 0.05) is 11.4 Å². The Morgan fingerprint density at radius 2 is 0.938 bits per heavy atom. The second kappa shape index (κ2) is 27.5. The lowest BCUT2D eigenvalue weighted by molar-refractivity contribution is -0.145. The number of sulfonamides is 2. The van der Waals surface area contributed by atoms with Gasteiger partial charge in [-0.25, -0.2) is 26.4 Å². The molecule has 0 radical (unpaired) electrons. The van der Waals surface area contributed by atoms with Gasteiger partial charge in [0.05, 0.1) is 97.6 Å². The molecule has 4 aromatic rings. The Balaban J connectivity index is 0.000000194. The lowest BCUT2D eigenvalue weighted by Gasteiger charge is -2.31. The van der Waals surface area contributed by atoms with Crippen molar-refractivity contribution in [2.24, 2.45) is 11.8 Å². The number of hydrogen-bond donors (Lipinski definition) is 6. The molecule has 2 aliphatic carbocycles. The van der Waals surface area contributed by atoms with E-state index < -0.39 is 81.8 Å². The molecule has 2 saturated carbocycles. The van der Waals surface area contributed by atoms with Crippen molar-refractivity contribution in [3.05, 3.63) is 120 Å². The van der Waals surface area contributed by atoms with Crippen LogP contribution in [0.4, 0.5) is 21.0 Å². The molecule has 10 atom stereocenters. The molecule has 4 saturated heterocycles. The van der Waals surface area contributed by atoms with Crippen LogP contribution < -0.4 is 22.1 Å². The number of nitrogen functional groups attached to an aromatic ring is 2. The second-order valence-corrected chi connectivity index (χ2v) is 24.8. The van der Waals surface area contributed by atoms with Crippen LogP contribution in [0.5, 0.6) is 0 Å². The van der Waals surface area contributed by atoms with Crippen LogP contribution in [0.3, 0.4) is 0 Å². The third-order valence-electron chi connectivity index (χ3n) is 15.3. The van der Waals surface area contributed by atoms with Gasteiger partial charge in [-0.2, -0.15) is 0 Å². The molecule has 24 heteroatoms. The number of hydrogen-bond acceptors (Lipinski definition) is 18. The van der Waals surface area contributed by atoms with Crippen molar-refractivity contribution >= 4 is 43.6 Å². The highest BCUT2D eigenvalue weighted by Crippen LogP contribution is 2.35. The number of rotatable bonds is 22. The quantitative estimate of drug-likeness (QED) is 0.0436. The van der Waals surface area contributed by atoms with Crippen LogP contribution in [-0.2, 0) is 71.0 Å². The summed E-state index contributed by atoms with van der Waals surface area (Å²) in [6.45, 7) is 0.744. The summed E-state index contributed by atoms with van der Waals surface area (Å²) in [6, 6.07) is 28.7. The summed E-state index contributed by atoms with van der Waals surface area (Å²) in [7, 11) is -8.35. The number of ether oxygens (including phenoxy) is 6. The Kier molecular flexibility index (Phi) is 20.4. The molecule has 436 valence electrons. The Morgan fingerprint density at radius 1 is 0.550 bits per heavy atom. The highest BCUT2D eigenvalue weighted by Gasteiger charge is 2.46. The Hall–Kier alpha value is -5.48. The molecule has 6 fully saturated rings. The molecule has 0 spiro atoms. The van der Waals surface area contributed by atoms with Gasteiger partial charge in [-0.1, -0.05) is 107 Å². The number of hydroxylamine groups is 2. The SMILES string of the molecule is Nc1cccc(S(=O)(=O)N(C[C@@H](O)[C@H](Cc2ccccc2)NC(=O)O[C@@H]2CO[C@@H]3OCC[C@@H]32)OC2CCCC2)c1.Nc1cccc(S(=O)(=O)N(C[C@@H](O)[C@H](Cc2ccccc2)NC(=O)O[C@H]2CO[C@H]3OCC[C@H]32)OC2CCCC2)c1. The first-order valence-corrected chi connectivity index (χ1v) is 30.4. The molecule has 22 nitrogen and oxygen atoms in total. The zero-order chi connectivity index (χ0) is 56.2. The highest BCUT2D eigenvalue weighted by atomic mass is 32.2. The lowest BCUT2D eigenvalue weighted by Crippen LogP contribution is -2.51. The predicted octanol–water partition coefficient (Wildman–Crippen LogP) is 5.19. The van der Waals surface area contributed by atoms with E-state index in [0.717, 1.165) is 58.6 Å². The third-order valence-corrected chi connectivity index (χ3v) is 18.5. The van der Waals surface area contributed by atoms with E-state index in [2.05, 4.69) is 10.6 Å². The van der Waals surface area contributed by atoms with Crippen molar-refractivity contribution in [1.82, 2.24) is 19.6 Å². The molecule has 6 aliphatic rings. The fourth-order valence-corrected chi connectivity index (χ4v) is 13.6. The number of alkyl carbamates (subject to hydrolysis) is 2. The fourth-order valence-electron chi connectivity index (χ4n) is 10.9. The van der Waals surface area contributed by atoms with E-state index in [-0.39, 0.29) is 72.5 Å². The number of anilines is 2. The minimum Gasteiger partial charge on any atom is -0.443 e. The predicted molar refractivity (Wildman–Crippen MR) is 290 cm³/mol. The van der Waals surface area contributed by atoms with E-state index in [0.29, 0.717) is 50.3 Å². The Bertz CT molecular complexity index is 2680. The number of nitrogens with zero attached hydrogens (tertiary/aromatic N) is 2. The molecule has 80 heavy (non-hydrogen) atoms. The molecule has 2 amide bonds. The van der Waals surface area contributed by atoms with Gasteiger partial charge >= 0.3 is 12.2 Å². The number of benzene rings is 4. The number of nitrogens with two attached hydrogens (primary N) is 2. The summed E-state index contributed by atoms with van der Waals surface area (Å²) in [5.41, 5.74) is 14.0. The maximum Gasteiger partial charge on any atom is 0.407 e. The zero-order valence-corrected chi connectivity index (χ0v) is 46.2. The van der Waals surface area contributed by atoms with Crippen molar-refractivity contribution in [2.45, 2.75) is 148 Å². The van der Waals surface area contributed by atoms with Crippen molar-refractivity contribution in [1.29, 1.82) is 0 Å². The first kappa shape index (κ1) is 59.2. The molecular formula is C56H74N6O16S2. The first-order chi connectivity index (χ1) is 38.6. The van der Waals surface area contributed by atoms with Gasteiger partial charge in [-0.3, -0.25) is 9.68 Å². The van der Waals surface area contributed by atoms with Crippen LogP contribution in [0, 0.1) is 11.8 Å². The lowest BCUT2D eigenvalue weighted by atomic mass is 10.0. The topological polar surface area (TPSA) is 299 Å². The summed E-state index contributed by atoms with van der Waals surface area (Å²) in [5, 5.41) is 28.4. The second-order valence-electron chi connectivity index (χ2n) is 21.1. The maximum atomic E-state index is 13.6. The average molecular weight is 1150 g/mol. The van der Waals surface area contributed by atoms with E-state index in [1.165, 1.54) is 24.3 Å². The van der Waals surface area contributed by atoms with Crippen molar-refractivity contribution in [3.8, 4) is 0 Å². The molecule has 8 N–H and O–H groups in total. The average Bonchev–Trinajstić information content (AvgIpc) is 4.33. The van der Waals surface area contributed by atoms with Crippen LogP contribution in [0.15, 0.2) is 119 Å². The number of carbonyl (C=O) groups is 2. The fraction of sp³-hybridized carbons (Fsp3) is 0.536. The van der Waals surface area contributed by atoms with Crippen LogP contribution in [0.1, 0.15) is 75.3 Å². The van der Waals surface area contributed by atoms with Crippen LogP contribution in [0.25, 0.3) is 0 Å². The van der Waals surface area contributed by atoms with E-state index in [9.17, 15) is 36.6 Å². The van der Waals surface area contributed by atoms with Crippen molar-refractivity contribution in [2.75, 3.05) is 51.0 Å². The number of aliphatic hydroxyl groups excluding tert-OH is 2. The molecule has 0 bridgehead atoms. The van der Waals surface area contributed by atoms with Crippen LogP contribution in [0.2, 0.25) is 0 Å². The van der Waals surface area contributed by atoms with E-state index in [1.807, 2.05) is 60.7 Å². The van der Waals surface area contributed by atoms with E-state index in [4.69, 9.17) is 49.6 Å². The molecule has 4 aromatic carbocycles. The van der Waals surface area contributed by atoms with Gasteiger partial charge in [0.15, 0.2) is 12.6 Å². The third kappa shape index (κ3) is 15.5. The summed E-state index contributed by atoms with van der Waals surface area (Å²) < 4.78 is 89.7. The van der Waals surface area contributed by atoms with E-state index in [1.54, 1.807) is 24.3 Å². The Labute approximate surface area is 467 Å². The maximum absolute atomic E-state index is 13.6. The number of nitrogens with one attached hydrogen (secondary N) is 2.